The number of hydrogen-bond donors (Lipinski definition) is 0. The number of halogens is 1. The molecular weight excluding hydrogens is 194 g/mol. The van der Waals surface area contributed by atoms with E-state index in [0.717, 1.165) is 18.0 Å². The van der Waals surface area contributed by atoms with E-state index in [-0.39, 0.29) is 0 Å². The van der Waals surface area contributed by atoms with E-state index in [4.69, 9.17) is 11.6 Å². The lowest BCUT2D eigenvalue weighted by Crippen LogP contribution is -2.18. The number of benzene rings is 1. The second kappa shape index (κ2) is 4.05. The van der Waals surface area contributed by atoms with Crippen molar-refractivity contribution in [3.05, 3.63) is 47.1 Å². The molecule has 1 aromatic rings. The lowest BCUT2D eigenvalue weighted by molar-refractivity contribution is 0.320. The van der Waals surface area contributed by atoms with Crippen LogP contribution in [0.3, 0.4) is 0 Å². The molecular formula is C12H14ClN. The molecule has 1 atom stereocenters. The third-order valence-corrected chi connectivity index (χ3v) is 2.93. The number of hydrogen-bond acceptors (Lipinski definition) is 1. The number of nitrogens with zero attached hydrogens (tertiary/aromatic N) is 1. The summed E-state index contributed by atoms with van der Waals surface area (Å²) < 4.78 is 0. The summed E-state index contributed by atoms with van der Waals surface area (Å²) in [5, 5.41) is 0.808. The molecule has 0 aliphatic carbocycles. The van der Waals surface area contributed by atoms with Crippen LogP contribution in [0.5, 0.6) is 0 Å². The van der Waals surface area contributed by atoms with Crippen LogP contribution in [0.25, 0.3) is 0 Å². The summed E-state index contributed by atoms with van der Waals surface area (Å²) >= 11 is 5.86. The average Bonchev–Trinajstić information content (AvgIpc) is 2.67. The second-order valence-electron chi connectivity index (χ2n) is 3.52. The van der Waals surface area contributed by atoms with Crippen molar-refractivity contribution in [3.63, 3.8) is 0 Å². The van der Waals surface area contributed by atoms with E-state index in [2.05, 4.69) is 36.2 Å². The van der Waals surface area contributed by atoms with Gasteiger partial charge in [0.05, 0.1) is 6.04 Å². The Bertz CT molecular complexity index is 329. The summed E-state index contributed by atoms with van der Waals surface area (Å²) in [5.41, 5.74) is 1.35. The Balaban J connectivity index is 2.19. The Morgan fingerprint density at radius 1 is 1.36 bits per heavy atom. The maximum atomic E-state index is 5.86. The first kappa shape index (κ1) is 9.60. The van der Waals surface area contributed by atoms with Gasteiger partial charge in [0, 0.05) is 11.6 Å². The van der Waals surface area contributed by atoms with Crippen LogP contribution >= 0.6 is 11.6 Å². The van der Waals surface area contributed by atoms with Gasteiger partial charge in [0.15, 0.2) is 0 Å². The van der Waals surface area contributed by atoms with Crippen LogP contribution in [-0.4, -0.2) is 11.4 Å². The van der Waals surface area contributed by atoms with E-state index in [1.807, 2.05) is 12.1 Å². The van der Waals surface area contributed by atoms with Gasteiger partial charge in [0.1, 0.15) is 0 Å². The van der Waals surface area contributed by atoms with Crippen LogP contribution in [0.2, 0.25) is 5.02 Å². The fourth-order valence-corrected chi connectivity index (χ4v) is 2.03. The van der Waals surface area contributed by atoms with Crippen molar-refractivity contribution in [1.29, 1.82) is 0 Å². The molecule has 1 unspecified atom stereocenters. The lowest BCUT2D eigenvalue weighted by atomic mass is 10.0. The van der Waals surface area contributed by atoms with Crippen molar-refractivity contribution < 1.29 is 0 Å². The fourth-order valence-electron chi connectivity index (χ4n) is 1.90. The zero-order valence-electron chi connectivity index (χ0n) is 8.28. The van der Waals surface area contributed by atoms with Crippen LogP contribution in [0.15, 0.2) is 36.5 Å². The van der Waals surface area contributed by atoms with Crippen LogP contribution < -0.4 is 0 Å². The smallest absolute Gasteiger partial charge is 0.0571 e. The van der Waals surface area contributed by atoms with E-state index in [0.29, 0.717) is 6.04 Å². The third kappa shape index (κ3) is 1.78. The molecule has 74 valence electrons. The van der Waals surface area contributed by atoms with Crippen molar-refractivity contribution in [3.8, 4) is 0 Å². The lowest BCUT2D eigenvalue weighted by Gasteiger charge is -2.24. The Morgan fingerprint density at radius 3 is 2.71 bits per heavy atom. The SMILES string of the molecule is CCN1C=CCC1c1ccc(Cl)cc1. The first-order valence-corrected chi connectivity index (χ1v) is 5.37. The summed E-state index contributed by atoms with van der Waals surface area (Å²) in [6.07, 6.45) is 5.51. The molecule has 2 rings (SSSR count). The second-order valence-corrected chi connectivity index (χ2v) is 3.95. The van der Waals surface area contributed by atoms with Crippen LogP contribution in [0.1, 0.15) is 24.9 Å². The molecule has 0 fully saturated rings. The summed E-state index contributed by atoms with van der Waals surface area (Å²) in [6.45, 7) is 3.24. The average molecular weight is 208 g/mol. The van der Waals surface area contributed by atoms with Crippen molar-refractivity contribution in [2.24, 2.45) is 0 Å². The van der Waals surface area contributed by atoms with E-state index in [1.54, 1.807) is 0 Å². The van der Waals surface area contributed by atoms with Gasteiger partial charge in [0.25, 0.3) is 0 Å². The Morgan fingerprint density at radius 2 is 2.07 bits per heavy atom. The number of rotatable bonds is 2. The predicted molar refractivity (Wildman–Crippen MR) is 60.3 cm³/mol. The fraction of sp³-hybridized carbons (Fsp3) is 0.333. The molecule has 0 radical (unpaired) electrons. The molecule has 14 heavy (non-hydrogen) atoms. The highest BCUT2D eigenvalue weighted by Crippen LogP contribution is 2.30. The van der Waals surface area contributed by atoms with Gasteiger partial charge >= 0.3 is 0 Å². The molecule has 1 nitrogen and oxygen atoms in total. The maximum absolute atomic E-state index is 5.86. The molecule has 0 N–H and O–H groups in total. The molecule has 0 bridgehead atoms. The molecule has 1 aromatic carbocycles. The minimum absolute atomic E-state index is 0.511. The van der Waals surface area contributed by atoms with Gasteiger partial charge in [-0.3, -0.25) is 0 Å². The van der Waals surface area contributed by atoms with Crippen LogP contribution in [-0.2, 0) is 0 Å². The highest BCUT2D eigenvalue weighted by Gasteiger charge is 2.18. The molecule has 0 amide bonds. The van der Waals surface area contributed by atoms with Gasteiger partial charge in [-0.15, -0.1) is 0 Å². The maximum Gasteiger partial charge on any atom is 0.0571 e. The quantitative estimate of drug-likeness (QED) is 0.716. The zero-order valence-corrected chi connectivity index (χ0v) is 9.04. The molecule has 0 aromatic heterocycles. The summed E-state index contributed by atoms with van der Waals surface area (Å²) in [6, 6.07) is 8.66. The highest BCUT2D eigenvalue weighted by atomic mass is 35.5. The first-order chi connectivity index (χ1) is 6.81. The Hall–Kier alpha value is -0.950. The monoisotopic (exact) mass is 207 g/mol. The van der Waals surface area contributed by atoms with Crippen molar-refractivity contribution >= 4 is 11.6 Å². The van der Waals surface area contributed by atoms with E-state index in [1.165, 1.54) is 5.56 Å². The first-order valence-electron chi connectivity index (χ1n) is 4.99. The van der Waals surface area contributed by atoms with Gasteiger partial charge in [-0.25, -0.2) is 0 Å². The normalized spacial score (nSPS) is 20.4. The molecule has 1 aliphatic heterocycles. The van der Waals surface area contributed by atoms with E-state index >= 15 is 0 Å². The molecule has 2 heteroatoms. The zero-order chi connectivity index (χ0) is 9.97. The minimum Gasteiger partial charge on any atom is -0.371 e. The molecule has 0 saturated carbocycles. The predicted octanol–water partition coefficient (Wildman–Crippen LogP) is 3.62. The highest BCUT2D eigenvalue weighted by molar-refractivity contribution is 6.30. The molecule has 0 spiro atoms. The van der Waals surface area contributed by atoms with Crippen molar-refractivity contribution in [1.82, 2.24) is 4.90 Å². The molecule has 1 heterocycles. The largest absolute Gasteiger partial charge is 0.371 e. The standard InChI is InChI=1S/C12H14ClN/c1-2-14-9-3-4-12(14)10-5-7-11(13)8-6-10/h3,5-9,12H,2,4H2,1H3. The minimum atomic E-state index is 0.511. The van der Waals surface area contributed by atoms with Gasteiger partial charge in [0.2, 0.25) is 0 Å². The van der Waals surface area contributed by atoms with Gasteiger partial charge < -0.3 is 4.90 Å². The topological polar surface area (TPSA) is 3.24 Å². The van der Waals surface area contributed by atoms with E-state index in [9.17, 15) is 0 Å². The third-order valence-electron chi connectivity index (χ3n) is 2.68. The van der Waals surface area contributed by atoms with Gasteiger partial charge in [-0.05, 0) is 37.2 Å². The summed E-state index contributed by atoms with van der Waals surface area (Å²) in [7, 11) is 0. The van der Waals surface area contributed by atoms with Crippen molar-refractivity contribution in [2.45, 2.75) is 19.4 Å². The molecule has 0 saturated heterocycles. The molecule has 1 aliphatic rings. The van der Waals surface area contributed by atoms with Gasteiger partial charge in [-0.2, -0.15) is 0 Å². The summed E-state index contributed by atoms with van der Waals surface area (Å²) in [4.78, 5) is 2.35. The van der Waals surface area contributed by atoms with Crippen molar-refractivity contribution in [2.75, 3.05) is 6.54 Å². The van der Waals surface area contributed by atoms with Crippen LogP contribution in [0.4, 0.5) is 0 Å². The Kier molecular flexibility index (Phi) is 2.78. The Labute approximate surface area is 90.0 Å². The van der Waals surface area contributed by atoms with E-state index < -0.39 is 0 Å². The van der Waals surface area contributed by atoms with Crippen LogP contribution in [0, 0.1) is 0 Å². The summed E-state index contributed by atoms with van der Waals surface area (Å²) in [5.74, 6) is 0. The van der Waals surface area contributed by atoms with Gasteiger partial charge in [-0.1, -0.05) is 29.8 Å².